The van der Waals surface area contributed by atoms with Gasteiger partial charge in [0.1, 0.15) is 16.9 Å². The number of carbonyl (C=O) groups is 2. The number of ether oxygens (including phenoxy) is 1. The van der Waals surface area contributed by atoms with Crippen LogP contribution in [0.25, 0.3) is 28.2 Å². The number of fused-ring (bicyclic) bond motifs is 1. The zero-order chi connectivity index (χ0) is 20.8. The number of rotatable bonds is 3. The van der Waals surface area contributed by atoms with Crippen molar-refractivity contribution in [3.63, 3.8) is 0 Å². The molecular weight excluding hydrogens is 411 g/mol. The Morgan fingerprint density at radius 1 is 1.21 bits per heavy atom. The second kappa shape index (κ2) is 6.92. The molecule has 0 saturated carbocycles. The molecule has 1 aliphatic rings. The fourth-order valence-electron chi connectivity index (χ4n) is 2.77. The third-order valence-electron chi connectivity index (χ3n) is 4.02. The van der Waals surface area contributed by atoms with Crippen LogP contribution in [0.3, 0.4) is 0 Å². The van der Waals surface area contributed by atoms with E-state index >= 15 is 0 Å². The van der Waals surface area contributed by atoms with Gasteiger partial charge >= 0.3 is 6.18 Å². The number of hydrogen-bond acceptors (Lipinski definition) is 7. The van der Waals surface area contributed by atoms with Crippen LogP contribution in [0.2, 0.25) is 0 Å². The highest BCUT2D eigenvalue weighted by atomic mass is 32.2. The van der Waals surface area contributed by atoms with Gasteiger partial charge in [0, 0.05) is 41.2 Å². The lowest BCUT2D eigenvalue weighted by Crippen LogP contribution is -2.17. The Labute approximate surface area is 165 Å². The minimum absolute atomic E-state index is 0.132. The lowest BCUT2D eigenvalue weighted by molar-refractivity contribution is -0.139. The largest absolute Gasteiger partial charge is 0.481 e. The van der Waals surface area contributed by atoms with Gasteiger partial charge in [-0.2, -0.15) is 13.2 Å². The van der Waals surface area contributed by atoms with Crippen LogP contribution < -0.4 is 10.1 Å². The number of methoxy groups -OCH3 is 1. The molecule has 2 amide bonds. The average Bonchev–Trinajstić information content (AvgIpc) is 3.22. The van der Waals surface area contributed by atoms with Crippen molar-refractivity contribution < 1.29 is 31.9 Å². The predicted octanol–water partition coefficient (Wildman–Crippen LogP) is 4.24. The van der Waals surface area contributed by atoms with Crippen molar-refractivity contribution >= 4 is 40.0 Å². The van der Waals surface area contributed by atoms with E-state index in [0.29, 0.717) is 5.39 Å². The average molecular weight is 421 g/mol. The van der Waals surface area contributed by atoms with Crippen LogP contribution in [0, 0.1) is 0 Å². The summed E-state index contributed by atoms with van der Waals surface area (Å²) in [6.45, 7) is 0. The minimum Gasteiger partial charge on any atom is -0.481 e. The smallest absolute Gasteiger partial charge is 0.421 e. The lowest BCUT2D eigenvalue weighted by Gasteiger charge is -2.12. The second-order valence-corrected chi connectivity index (χ2v) is 6.90. The molecule has 3 aromatic heterocycles. The van der Waals surface area contributed by atoms with E-state index in [4.69, 9.17) is 9.15 Å². The Morgan fingerprint density at radius 2 is 2.00 bits per heavy atom. The molecule has 0 aromatic carbocycles. The fourth-order valence-corrected chi connectivity index (χ4v) is 3.44. The minimum atomic E-state index is -4.66. The number of amides is 2. The SMILES string of the molecule is COc1ncc(-c2cncc3cc(/C=C4\SC(=O)NC4=O)oc23)cc1C(F)(F)F. The maximum Gasteiger partial charge on any atom is 0.421 e. The van der Waals surface area contributed by atoms with Gasteiger partial charge in [0.15, 0.2) is 0 Å². The standard InChI is InChI=1S/C18H10F3N3O4S/c1-27-16-12(18(19,20)21)3-8(6-23-16)11-7-22-5-9-2-10(28-14(9)11)4-13-15(25)24-17(26)29-13/h2-7H,1H3,(H,24,25,26)/b13-4-. The Bertz CT molecular complexity index is 1190. The quantitative estimate of drug-likeness (QED) is 0.632. The van der Waals surface area contributed by atoms with E-state index in [9.17, 15) is 22.8 Å². The molecule has 148 valence electrons. The van der Waals surface area contributed by atoms with Gasteiger partial charge in [-0.3, -0.25) is 19.9 Å². The van der Waals surface area contributed by atoms with Gasteiger partial charge in [-0.1, -0.05) is 0 Å². The van der Waals surface area contributed by atoms with E-state index in [2.05, 4.69) is 15.3 Å². The van der Waals surface area contributed by atoms with Crippen LogP contribution in [0.5, 0.6) is 5.88 Å². The lowest BCUT2D eigenvalue weighted by atomic mass is 10.1. The molecule has 0 bridgehead atoms. The summed E-state index contributed by atoms with van der Waals surface area (Å²) < 4.78 is 50.4. The number of nitrogens with one attached hydrogen (secondary N) is 1. The molecule has 3 aromatic rings. The van der Waals surface area contributed by atoms with Crippen LogP contribution in [0.1, 0.15) is 11.3 Å². The molecule has 4 heterocycles. The van der Waals surface area contributed by atoms with Gasteiger partial charge < -0.3 is 9.15 Å². The number of carbonyl (C=O) groups excluding carboxylic acids is 2. The van der Waals surface area contributed by atoms with E-state index in [0.717, 1.165) is 24.9 Å². The van der Waals surface area contributed by atoms with Gasteiger partial charge in [0.2, 0.25) is 5.88 Å². The van der Waals surface area contributed by atoms with E-state index < -0.39 is 28.8 Å². The maximum atomic E-state index is 13.3. The van der Waals surface area contributed by atoms with Crippen LogP contribution >= 0.6 is 11.8 Å². The normalized spacial score (nSPS) is 15.9. The molecule has 0 aliphatic carbocycles. The Morgan fingerprint density at radius 3 is 2.66 bits per heavy atom. The third-order valence-corrected chi connectivity index (χ3v) is 4.83. The number of alkyl halides is 3. The van der Waals surface area contributed by atoms with Crippen molar-refractivity contribution in [3.8, 4) is 17.0 Å². The van der Waals surface area contributed by atoms with Crippen molar-refractivity contribution in [1.82, 2.24) is 15.3 Å². The molecule has 1 saturated heterocycles. The molecule has 29 heavy (non-hydrogen) atoms. The highest BCUT2D eigenvalue weighted by molar-refractivity contribution is 8.18. The first-order chi connectivity index (χ1) is 13.8. The number of nitrogens with zero attached hydrogens (tertiary/aromatic N) is 2. The molecule has 11 heteroatoms. The Kier molecular flexibility index (Phi) is 4.53. The van der Waals surface area contributed by atoms with Crippen LogP contribution in [-0.4, -0.2) is 28.2 Å². The maximum absolute atomic E-state index is 13.3. The monoisotopic (exact) mass is 421 g/mol. The summed E-state index contributed by atoms with van der Waals surface area (Å²) >= 11 is 0.725. The molecule has 0 atom stereocenters. The second-order valence-electron chi connectivity index (χ2n) is 5.89. The Balaban J connectivity index is 1.82. The zero-order valence-corrected chi connectivity index (χ0v) is 15.4. The fraction of sp³-hybridized carbons (Fsp3) is 0.111. The predicted molar refractivity (Wildman–Crippen MR) is 97.9 cm³/mol. The van der Waals surface area contributed by atoms with Crippen LogP contribution in [0.15, 0.2) is 40.0 Å². The first kappa shape index (κ1) is 19.0. The summed E-state index contributed by atoms with van der Waals surface area (Å²) in [5, 5.41) is 2.14. The Hall–Kier alpha value is -3.34. The van der Waals surface area contributed by atoms with E-state index in [1.807, 2.05) is 0 Å². The van der Waals surface area contributed by atoms with Gasteiger partial charge in [0.05, 0.1) is 12.0 Å². The number of hydrogen-bond donors (Lipinski definition) is 1. The number of furan rings is 1. The molecule has 0 spiro atoms. The summed E-state index contributed by atoms with van der Waals surface area (Å²) in [7, 11) is 1.10. The van der Waals surface area contributed by atoms with Gasteiger partial charge in [-0.15, -0.1) is 0 Å². The van der Waals surface area contributed by atoms with Crippen molar-refractivity contribution in [1.29, 1.82) is 0 Å². The molecule has 0 radical (unpaired) electrons. The topological polar surface area (TPSA) is 94.3 Å². The molecule has 4 rings (SSSR count). The molecule has 1 fully saturated rings. The van der Waals surface area contributed by atoms with E-state index in [1.54, 1.807) is 6.07 Å². The summed E-state index contributed by atoms with van der Waals surface area (Å²) in [5.41, 5.74) is -0.344. The summed E-state index contributed by atoms with van der Waals surface area (Å²) in [4.78, 5) is 30.9. The van der Waals surface area contributed by atoms with Crippen molar-refractivity contribution in [2.45, 2.75) is 6.18 Å². The third kappa shape index (κ3) is 3.56. The van der Waals surface area contributed by atoms with Gasteiger partial charge in [-0.05, 0) is 23.9 Å². The summed E-state index contributed by atoms with van der Waals surface area (Å²) in [6, 6.07) is 2.47. The molecular formula is C18H10F3N3O4S. The molecule has 0 unspecified atom stereocenters. The first-order valence-electron chi connectivity index (χ1n) is 8.00. The van der Waals surface area contributed by atoms with Gasteiger partial charge in [-0.25, -0.2) is 4.98 Å². The molecule has 1 N–H and O–H groups in total. The van der Waals surface area contributed by atoms with Crippen molar-refractivity contribution in [3.05, 3.63) is 47.0 Å². The van der Waals surface area contributed by atoms with Crippen molar-refractivity contribution in [2.75, 3.05) is 7.11 Å². The summed E-state index contributed by atoms with van der Waals surface area (Å²) in [5.74, 6) is -0.840. The highest BCUT2D eigenvalue weighted by Crippen LogP contribution is 2.39. The number of aromatic nitrogens is 2. The molecule has 1 aliphatic heterocycles. The molecule has 7 nitrogen and oxygen atoms in total. The van der Waals surface area contributed by atoms with Gasteiger partial charge in [0.25, 0.3) is 11.1 Å². The van der Waals surface area contributed by atoms with Crippen molar-refractivity contribution in [2.24, 2.45) is 0 Å². The number of imide groups is 1. The summed E-state index contributed by atoms with van der Waals surface area (Å²) in [6.07, 6.45) is 0.770. The van der Waals surface area contributed by atoms with E-state index in [1.165, 1.54) is 24.7 Å². The number of pyridine rings is 2. The number of halogens is 3. The number of thioether (sulfide) groups is 1. The van der Waals surface area contributed by atoms with E-state index in [-0.39, 0.29) is 27.4 Å². The first-order valence-corrected chi connectivity index (χ1v) is 8.82. The highest BCUT2D eigenvalue weighted by Gasteiger charge is 2.36. The van der Waals surface area contributed by atoms with Crippen LogP contribution in [0.4, 0.5) is 18.0 Å². The van der Waals surface area contributed by atoms with Crippen LogP contribution in [-0.2, 0) is 11.0 Å². The zero-order valence-electron chi connectivity index (χ0n) is 14.5.